The van der Waals surface area contributed by atoms with Crippen molar-refractivity contribution in [2.24, 2.45) is 0 Å². The average Bonchev–Trinajstić information content (AvgIpc) is 2.86. The molecule has 1 N–H and O–H groups in total. The molecule has 1 aromatic rings. The first-order chi connectivity index (χ1) is 11.9. The Balaban J connectivity index is 1.97. The standard InChI is InChI=1S/C20H31N3O2/c1-5-16(4)17-7-9-18(10-8-17)19(24)22-11-6-12-23(14-13-22)20(25)21-15(2)3/h7-10,15-16H,5-6,11-14H2,1-4H3,(H,21,25). The van der Waals surface area contributed by atoms with E-state index in [1.54, 1.807) is 4.90 Å². The second kappa shape index (κ2) is 8.88. The average molecular weight is 345 g/mol. The number of hydrogen-bond acceptors (Lipinski definition) is 2. The van der Waals surface area contributed by atoms with Gasteiger partial charge in [-0.3, -0.25) is 4.79 Å². The molecule has 1 saturated heterocycles. The van der Waals surface area contributed by atoms with Crippen molar-refractivity contribution in [2.75, 3.05) is 26.2 Å². The monoisotopic (exact) mass is 345 g/mol. The van der Waals surface area contributed by atoms with Gasteiger partial charge in [0.15, 0.2) is 0 Å². The van der Waals surface area contributed by atoms with E-state index in [1.807, 2.05) is 30.9 Å². The highest BCUT2D eigenvalue weighted by molar-refractivity contribution is 5.94. The molecule has 0 saturated carbocycles. The van der Waals surface area contributed by atoms with Crippen molar-refractivity contribution in [3.63, 3.8) is 0 Å². The molecule has 1 atom stereocenters. The van der Waals surface area contributed by atoms with E-state index in [1.165, 1.54) is 5.56 Å². The van der Waals surface area contributed by atoms with E-state index in [0.29, 0.717) is 32.1 Å². The quantitative estimate of drug-likeness (QED) is 0.908. The number of carbonyl (C=O) groups is 2. The lowest BCUT2D eigenvalue weighted by Crippen LogP contribution is -2.44. The van der Waals surface area contributed by atoms with E-state index in [9.17, 15) is 9.59 Å². The number of rotatable bonds is 4. The lowest BCUT2D eigenvalue weighted by Gasteiger charge is -2.23. The zero-order valence-electron chi connectivity index (χ0n) is 15.9. The Morgan fingerprint density at radius 1 is 1.00 bits per heavy atom. The van der Waals surface area contributed by atoms with Crippen LogP contribution in [0.15, 0.2) is 24.3 Å². The molecule has 1 aliphatic rings. The number of amides is 3. The van der Waals surface area contributed by atoms with E-state index in [2.05, 4.69) is 31.3 Å². The number of nitrogens with zero attached hydrogens (tertiary/aromatic N) is 2. The largest absolute Gasteiger partial charge is 0.337 e. The minimum Gasteiger partial charge on any atom is -0.337 e. The number of nitrogens with one attached hydrogen (secondary N) is 1. The summed E-state index contributed by atoms with van der Waals surface area (Å²) in [6.07, 6.45) is 1.90. The van der Waals surface area contributed by atoms with Gasteiger partial charge in [0.1, 0.15) is 0 Å². The van der Waals surface area contributed by atoms with Crippen molar-refractivity contribution >= 4 is 11.9 Å². The molecular formula is C20H31N3O2. The molecular weight excluding hydrogens is 314 g/mol. The first-order valence-electron chi connectivity index (χ1n) is 9.37. The highest BCUT2D eigenvalue weighted by Gasteiger charge is 2.23. The predicted octanol–water partition coefficient (Wildman–Crippen LogP) is 3.47. The molecule has 0 radical (unpaired) electrons. The summed E-state index contributed by atoms with van der Waals surface area (Å²) < 4.78 is 0. The maximum Gasteiger partial charge on any atom is 0.317 e. The number of urea groups is 1. The Hall–Kier alpha value is -2.04. The van der Waals surface area contributed by atoms with Crippen LogP contribution in [0.25, 0.3) is 0 Å². The minimum absolute atomic E-state index is 0.0396. The van der Waals surface area contributed by atoms with E-state index < -0.39 is 0 Å². The molecule has 1 fully saturated rings. The molecule has 1 aromatic carbocycles. The number of hydrogen-bond donors (Lipinski definition) is 1. The highest BCUT2D eigenvalue weighted by atomic mass is 16.2. The number of carbonyl (C=O) groups excluding carboxylic acids is 2. The van der Waals surface area contributed by atoms with Crippen molar-refractivity contribution in [3.8, 4) is 0 Å². The Morgan fingerprint density at radius 2 is 1.60 bits per heavy atom. The molecule has 1 heterocycles. The van der Waals surface area contributed by atoms with E-state index in [4.69, 9.17) is 0 Å². The zero-order valence-corrected chi connectivity index (χ0v) is 15.9. The fourth-order valence-electron chi connectivity index (χ4n) is 3.03. The van der Waals surface area contributed by atoms with E-state index >= 15 is 0 Å². The normalized spacial score (nSPS) is 16.5. The number of benzene rings is 1. The molecule has 0 aromatic heterocycles. The van der Waals surface area contributed by atoms with E-state index in [0.717, 1.165) is 18.4 Å². The van der Waals surface area contributed by atoms with Crippen molar-refractivity contribution in [3.05, 3.63) is 35.4 Å². The smallest absolute Gasteiger partial charge is 0.317 e. The molecule has 138 valence electrons. The van der Waals surface area contributed by atoms with Gasteiger partial charge in [-0.1, -0.05) is 26.0 Å². The summed E-state index contributed by atoms with van der Waals surface area (Å²) in [6.45, 7) is 10.8. The third kappa shape index (κ3) is 5.21. The lowest BCUT2D eigenvalue weighted by atomic mass is 9.97. The summed E-state index contributed by atoms with van der Waals surface area (Å²) in [5.41, 5.74) is 2.00. The Labute approximate surface area is 151 Å². The second-order valence-electron chi connectivity index (χ2n) is 7.17. The van der Waals surface area contributed by atoms with Gasteiger partial charge >= 0.3 is 6.03 Å². The maximum atomic E-state index is 12.8. The molecule has 0 spiro atoms. The van der Waals surface area contributed by atoms with Gasteiger partial charge in [-0.05, 0) is 50.3 Å². The summed E-state index contributed by atoms with van der Waals surface area (Å²) >= 11 is 0. The molecule has 5 heteroatoms. The van der Waals surface area contributed by atoms with Gasteiger partial charge in [-0.15, -0.1) is 0 Å². The van der Waals surface area contributed by atoms with Gasteiger partial charge in [0.25, 0.3) is 5.91 Å². The van der Waals surface area contributed by atoms with Crippen LogP contribution in [0.1, 0.15) is 62.4 Å². The van der Waals surface area contributed by atoms with Gasteiger partial charge in [-0.2, -0.15) is 0 Å². The van der Waals surface area contributed by atoms with Crippen LogP contribution in [0.5, 0.6) is 0 Å². The van der Waals surface area contributed by atoms with Crippen molar-refractivity contribution < 1.29 is 9.59 Å². The van der Waals surface area contributed by atoms with Crippen LogP contribution < -0.4 is 5.32 Å². The van der Waals surface area contributed by atoms with E-state index in [-0.39, 0.29) is 18.0 Å². The molecule has 5 nitrogen and oxygen atoms in total. The highest BCUT2D eigenvalue weighted by Crippen LogP contribution is 2.19. The molecule has 1 aliphatic heterocycles. The molecule has 2 rings (SSSR count). The Bertz CT molecular complexity index is 583. The Morgan fingerprint density at radius 3 is 2.20 bits per heavy atom. The van der Waals surface area contributed by atoms with Crippen LogP contribution in [0.2, 0.25) is 0 Å². The zero-order chi connectivity index (χ0) is 18.4. The fourth-order valence-corrected chi connectivity index (χ4v) is 3.03. The molecule has 3 amide bonds. The Kier molecular flexibility index (Phi) is 6.85. The second-order valence-corrected chi connectivity index (χ2v) is 7.17. The van der Waals surface area contributed by atoms with Crippen LogP contribution in [-0.2, 0) is 0 Å². The summed E-state index contributed by atoms with van der Waals surface area (Å²) in [4.78, 5) is 28.6. The third-order valence-electron chi connectivity index (χ3n) is 4.82. The topological polar surface area (TPSA) is 52.7 Å². The van der Waals surface area contributed by atoms with Crippen LogP contribution in [0.4, 0.5) is 4.79 Å². The van der Waals surface area contributed by atoms with Crippen LogP contribution in [0.3, 0.4) is 0 Å². The van der Waals surface area contributed by atoms with Gasteiger partial charge < -0.3 is 15.1 Å². The fraction of sp³-hybridized carbons (Fsp3) is 0.600. The van der Waals surface area contributed by atoms with Gasteiger partial charge in [0.05, 0.1) is 0 Å². The van der Waals surface area contributed by atoms with Gasteiger partial charge in [0.2, 0.25) is 0 Å². The SMILES string of the molecule is CCC(C)c1ccc(C(=O)N2CCCN(C(=O)NC(C)C)CC2)cc1. The van der Waals surface area contributed by atoms with Crippen molar-refractivity contribution in [1.82, 2.24) is 15.1 Å². The van der Waals surface area contributed by atoms with Crippen molar-refractivity contribution in [2.45, 2.75) is 52.5 Å². The van der Waals surface area contributed by atoms with Gasteiger partial charge in [0, 0.05) is 37.8 Å². The molecule has 1 unspecified atom stereocenters. The minimum atomic E-state index is -0.0396. The third-order valence-corrected chi connectivity index (χ3v) is 4.82. The molecule has 0 bridgehead atoms. The van der Waals surface area contributed by atoms with Crippen LogP contribution >= 0.6 is 0 Å². The first-order valence-corrected chi connectivity index (χ1v) is 9.37. The molecule has 0 aliphatic carbocycles. The first kappa shape index (κ1) is 19.3. The predicted molar refractivity (Wildman–Crippen MR) is 101 cm³/mol. The van der Waals surface area contributed by atoms with Crippen LogP contribution in [-0.4, -0.2) is 54.0 Å². The molecule has 25 heavy (non-hydrogen) atoms. The maximum absolute atomic E-state index is 12.8. The van der Waals surface area contributed by atoms with Crippen molar-refractivity contribution in [1.29, 1.82) is 0 Å². The summed E-state index contributed by atoms with van der Waals surface area (Å²) in [5.74, 6) is 0.567. The summed E-state index contributed by atoms with van der Waals surface area (Å²) in [7, 11) is 0. The summed E-state index contributed by atoms with van der Waals surface area (Å²) in [6, 6.07) is 8.05. The lowest BCUT2D eigenvalue weighted by molar-refractivity contribution is 0.0762. The summed E-state index contributed by atoms with van der Waals surface area (Å²) in [5, 5.41) is 2.92. The van der Waals surface area contributed by atoms with Gasteiger partial charge in [-0.25, -0.2) is 4.79 Å². The van der Waals surface area contributed by atoms with Crippen LogP contribution in [0, 0.1) is 0 Å².